The van der Waals surface area contributed by atoms with Crippen LogP contribution in [0.1, 0.15) is 29.8 Å². The summed E-state index contributed by atoms with van der Waals surface area (Å²) >= 11 is 3.34. The fourth-order valence-corrected chi connectivity index (χ4v) is 1.87. The summed E-state index contributed by atoms with van der Waals surface area (Å²) in [7, 11) is 0. The van der Waals surface area contributed by atoms with Gasteiger partial charge in [-0.3, -0.25) is 4.79 Å². The number of amides is 1. The van der Waals surface area contributed by atoms with Crippen LogP contribution in [0.4, 0.5) is 0 Å². The van der Waals surface area contributed by atoms with Crippen LogP contribution in [0.2, 0.25) is 0 Å². The maximum Gasteiger partial charge on any atom is 0.251 e. The van der Waals surface area contributed by atoms with Gasteiger partial charge in [0.25, 0.3) is 5.91 Å². The Bertz CT molecular complexity index is 376. The molecule has 0 unspecified atom stereocenters. The van der Waals surface area contributed by atoms with Gasteiger partial charge in [-0.05, 0) is 44.5 Å². The molecule has 0 radical (unpaired) electrons. The monoisotopic (exact) mass is 285 g/mol. The first-order valence-electron chi connectivity index (χ1n) is 5.06. The maximum absolute atomic E-state index is 11.8. The van der Waals surface area contributed by atoms with Crippen molar-refractivity contribution in [3.63, 3.8) is 0 Å². The van der Waals surface area contributed by atoms with Crippen molar-refractivity contribution in [3.8, 4) is 0 Å². The van der Waals surface area contributed by atoms with Crippen LogP contribution >= 0.6 is 15.9 Å². The second kappa shape index (κ2) is 4.97. The van der Waals surface area contributed by atoms with Crippen molar-refractivity contribution in [2.24, 2.45) is 0 Å². The van der Waals surface area contributed by atoms with Crippen molar-refractivity contribution in [2.45, 2.75) is 26.4 Å². The van der Waals surface area contributed by atoms with Crippen LogP contribution in [0, 0.1) is 6.92 Å². The van der Waals surface area contributed by atoms with Crippen LogP contribution in [0.25, 0.3) is 0 Å². The predicted molar refractivity (Wildman–Crippen MR) is 67.5 cm³/mol. The minimum absolute atomic E-state index is 0.175. The molecule has 0 aliphatic heterocycles. The first-order valence-corrected chi connectivity index (χ1v) is 5.85. The summed E-state index contributed by atoms with van der Waals surface area (Å²) < 4.78 is 0.876. The molecule has 1 aromatic rings. The molecule has 1 rings (SSSR count). The third-order valence-corrected chi connectivity index (χ3v) is 2.44. The lowest BCUT2D eigenvalue weighted by atomic mass is 10.1. The van der Waals surface area contributed by atoms with Crippen molar-refractivity contribution >= 4 is 21.8 Å². The molecule has 3 nitrogen and oxygen atoms in total. The Balaban J connectivity index is 2.73. The number of benzene rings is 1. The molecular formula is C12H16BrNO2. The number of carbonyl (C=O) groups excluding carboxylic acids is 1. The van der Waals surface area contributed by atoms with Gasteiger partial charge in [0.05, 0.1) is 5.60 Å². The van der Waals surface area contributed by atoms with Crippen molar-refractivity contribution in [1.82, 2.24) is 5.32 Å². The second-order valence-corrected chi connectivity index (χ2v) is 5.43. The minimum atomic E-state index is -0.892. The summed E-state index contributed by atoms with van der Waals surface area (Å²) in [5.41, 5.74) is 0.718. The number of hydrogen-bond donors (Lipinski definition) is 2. The van der Waals surface area contributed by atoms with E-state index < -0.39 is 5.60 Å². The van der Waals surface area contributed by atoms with E-state index >= 15 is 0 Å². The lowest BCUT2D eigenvalue weighted by molar-refractivity contribution is 0.0694. The van der Waals surface area contributed by atoms with E-state index in [1.54, 1.807) is 19.9 Å². The molecule has 0 spiro atoms. The molecule has 2 N–H and O–H groups in total. The van der Waals surface area contributed by atoms with Gasteiger partial charge in [-0.15, -0.1) is 0 Å². The van der Waals surface area contributed by atoms with Crippen LogP contribution < -0.4 is 5.32 Å². The van der Waals surface area contributed by atoms with E-state index in [0.717, 1.165) is 10.0 Å². The number of aliphatic hydroxyl groups is 1. The van der Waals surface area contributed by atoms with E-state index in [2.05, 4.69) is 21.2 Å². The third kappa shape index (κ3) is 4.33. The molecule has 0 atom stereocenters. The average Bonchev–Trinajstić information content (AvgIpc) is 2.11. The molecule has 0 fully saturated rings. The van der Waals surface area contributed by atoms with Crippen molar-refractivity contribution in [1.29, 1.82) is 0 Å². The quantitative estimate of drug-likeness (QED) is 0.895. The van der Waals surface area contributed by atoms with Crippen LogP contribution in [0.5, 0.6) is 0 Å². The maximum atomic E-state index is 11.8. The van der Waals surface area contributed by atoms with Gasteiger partial charge in [0.15, 0.2) is 0 Å². The largest absolute Gasteiger partial charge is 0.389 e. The smallest absolute Gasteiger partial charge is 0.251 e. The summed E-state index contributed by atoms with van der Waals surface area (Å²) in [6.07, 6.45) is 0. The number of carbonyl (C=O) groups is 1. The summed E-state index contributed by atoms with van der Waals surface area (Å²) in [5, 5.41) is 12.2. The van der Waals surface area contributed by atoms with Crippen molar-refractivity contribution in [3.05, 3.63) is 33.8 Å². The van der Waals surface area contributed by atoms with Gasteiger partial charge in [0.1, 0.15) is 0 Å². The van der Waals surface area contributed by atoms with E-state index in [4.69, 9.17) is 0 Å². The first kappa shape index (κ1) is 13.2. The van der Waals surface area contributed by atoms with Gasteiger partial charge in [-0.2, -0.15) is 0 Å². The Kier molecular flexibility index (Phi) is 4.10. The molecule has 1 aromatic carbocycles. The van der Waals surface area contributed by atoms with E-state index in [9.17, 15) is 9.90 Å². The molecule has 1 amide bonds. The Morgan fingerprint density at radius 3 is 2.56 bits per heavy atom. The molecule has 0 aliphatic rings. The van der Waals surface area contributed by atoms with E-state index in [0.29, 0.717) is 5.56 Å². The SMILES string of the molecule is Cc1cc(Br)cc(C(=O)NCC(C)(C)O)c1. The topological polar surface area (TPSA) is 49.3 Å². The highest BCUT2D eigenvalue weighted by Gasteiger charge is 2.15. The highest BCUT2D eigenvalue weighted by Crippen LogP contribution is 2.15. The predicted octanol–water partition coefficient (Wildman–Crippen LogP) is 2.26. The molecule has 4 heteroatoms. The first-order chi connectivity index (χ1) is 7.28. The van der Waals surface area contributed by atoms with E-state index in [1.165, 1.54) is 0 Å². The number of nitrogens with one attached hydrogen (secondary N) is 1. The van der Waals surface area contributed by atoms with Gasteiger partial charge < -0.3 is 10.4 Å². The lowest BCUT2D eigenvalue weighted by Crippen LogP contribution is -2.38. The summed E-state index contributed by atoms with van der Waals surface area (Å²) in [4.78, 5) is 11.8. The Morgan fingerprint density at radius 2 is 2.06 bits per heavy atom. The molecule has 0 aromatic heterocycles. The normalized spacial score (nSPS) is 11.3. The van der Waals surface area contributed by atoms with Gasteiger partial charge in [-0.1, -0.05) is 15.9 Å². The highest BCUT2D eigenvalue weighted by atomic mass is 79.9. The van der Waals surface area contributed by atoms with Crippen molar-refractivity contribution in [2.75, 3.05) is 6.54 Å². The molecule has 0 saturated heterocycles. The second-order valence-electron chi connectivity index (χ2n) is 4.51. The van der Waals surface area contributed by atoms with E-state index in [1.807, 2.05) is 19.1 Å². The lowest BCUT2D eigenvalue weighted by Gasteiger charge is -2.17. The average molecular weight is 286 g/mol. The van der Waals surface area contributed by atoms with Crippen LogP contribution in [0.3, 0.4) is 0 Å². The Hall–Kier alpha value is -0.870. The van der Waals surface area contributed by atoms with Gasteiger partial charge >= 0.3 is 0 Å². The molecule has 0 heterocycles. The third-order valence-electron chi connectivity index (χ3n) is 1.99. The number of hydrogen-bond acceptors (Lipinski definition) is 2. The van der Waals surface area contributed by atoms with Gasteiger partial charge in [0, 0.05) is 16.6 Å². The van der Waals surface area contributed by atoms with Crippen LogP contribution in [-0.2, 0) is 0 Å². The number of aryl methyl sites for hydroxylation is 1. The van der Waals surface area contributed by atoms with E-state index in [-0.39, 0.29) is 12.5 Å². The number of halogens is 1. The molecule has 0 saturated carbocycles. The summed E-state index contributed by atoms with van der Waals surface area (Å²) in [6.45, 7) is 5.47. The zero-order valence-electron chi connectivity index (χ0n) is 9.67. The van der Waals surface area contributed by atoms with Crippen molar-refractivity contribution < 1.29 is 9.90 Å². The fourth-order valence-electron chi connectivity index (χ4n) is 1.27. The minimum Gasteiger partial charge on any atom is -0.389 e. The molecule has 16 heavy (non-hydrogen) atoms. The van der Waals surface area contributed by atoms with Crippen LogP contribution in [-0.4, -0.2) is 23.2 Å². The molecule has 0 aliphatic carbocycles. The standard InChI is InChI=1S/C12H16BrNO2/c1-8-4-9(6-10(13)5-8)11(15)14-7-12(2,3)16/h4-6,16H,7H2,1-3H3,(H,14,15). The summed E-state index contributed by atoms with van der Waals surface area (Å²) in [6, 6.07) is 5.50. The molecule has 0 bridgehead atoms. The zero-order chi connectivity index (χ0) is 12.3. The highest BCUT2D eigenvalue weighted by molar-refractivity contribution is 9.10. The molecule has 88 valence electrons. The fraction of sp³-hybridized carbons (Fsp3) is 0.417. The Labute approximate surface area is 104 Å². The summed E-state index contributed by atoms with van der Waals surface area (Å²) in [5.74, 6) is -0.175. The number of rotatable bonds is 3. The van der Waals surface area contributed by atoms with Gasteiger partial charge in [-0.25, -0.2) is 0 Å². The van der Waals surface area contributed by atoms with Gasteiger partial charge in [0.2, 0.25) is 0 Å². The van der Waals surface area contributed by atoms with Crippen LogP contribution in [0.15, 0.2) is 22.7 Å². The zero-order valence-corrected chi connectivity index (χ0v) is 11.3. The Morgan fingerprint density at radius 1 is 1.44 bits per heavy atom. The molecular weight excluding hydrogens is 270 g/mol.